The predicted octanol–water partition coefficient (Wildman–Crippen LogP) is -0.0238. The number of rotatable bonds is 5. The van der Waals surface area contributed by atoms with Crippen molar-refractivity contribution in [3.8, 4) is 0 Å². The molecule has 1 unspecified atom stereocenters. The lowest BCUT2D eigenvalue weighted by Gasteiger charge is -2.17. The first kappa shape index (κ1) is 11.1. The van der Waals surface area contributed by atoms with Crippen LogP contribution in [0.15, 0.2) is 0 Å². The quantitative estimate of drug-likeness (QED) is 0.592. The summed E-state index contributed by atoms with van der Waals surface area (Å²) >= 11 is 0. The van der Waals surface area contributed by atoms with Gasteiger partial charge in [-0.15, -0.1) is 0 Å². The van der Waals surface area contributed by atoms with Gasteiger partial charge in [-0.3, -0.25) is 14.5 Å². The second-order valence-electron chi connectivity index (χ2n) is 2.74. The van der Waals surface area contributed by atoms with Gasteiger partial charge in [-0.05, 0) is 6.42 Å². The molecule has 0 aromatic rings. The number of hydrogen-bond donors (Lipinski definition) is 1. The third kappa shape index (κ3) is 3.00. The minimum Gasteiger partial charge on any atom is -0.329 e. The molecular weight excluding hydrogens is 156 g/mol. The van der Waals surface area contributed by atoms with Crippen molar-refractivity contribution in [2.45, 2.75) is 20.3 Å². The van der Waals surface area contributed by atoms with E-state index in [0.717, 1.165) is 11.3 Å². The summed E-state index contributed by atoms with van der Waals surface area (Å²) in [6.45, 7) is 4.34. The third-order valence-corrected chi connectivity index (χ3v) is 1.81. The zero-order valence-electron chi connectivity index (χ0n) is 7.62. The maximum Gasteiger partial charge on any atom is 0.231 e. The topological polar surface area (TPSA) is 63.4 Å². The molecule has 0 saturated carbocycles. The fourth-order valence-corrected chi connectivity index (χ4v) is 0.812. The summed E-state index contributed by atoms with van der Waals surface area (Å²) in [7, 11) is 0. The van der Waals surface area contributed by atoms with Gasteiger partial charge in [-0.25, -0.2) is 0 Å². The van der Waals surface area contributed by atoms with E-state index in [1.165, 1.54) is 0 Å². The van der Waals surface area contributed by atoms with Gasteiger partial charge in [0.2, 0.25) is 12.3 Å². The molecule has 2 amide bonds. The van der Waals surface area contributed by atoms with Crippen LogP contribution in [-0.2, 0) is 9.59 Å². The Morgan fingerprint density at radius 2 is 2.25 bits per heavy atom. The standard InChI is InChI=1S/C8H16N2O2/c1-3-7(2)8(12)10(6-11)5-4-9/h6-7H,3-5,9H2,1-2H3. The predicted molar refractivity (Wildman–Crippen MR) is 46.3 cm³/mol. The van der Waals surface area contributed by atoms with Crippen LogP contribution in [0.1, 0.15) is 20.3 Å². The highest BCUT2D eigenvalue weighted by Crippen LogP contribution is 2.04. The summed E-state index contributed by atoms with van der Waals surface area (Å²) in [5.74, 6) is -0.236. The molecule has 0 aliphatic heterocycles. The van der Waals surface area contributed by atoms with Crippen LogP contribution in [0.2, 0.25) is 0 Å². The van der Waals surface area contributed by atoms with Gasteiger partial charge in [-0.2, -0.15) is 0 Å². The molecule has 4 heteroatoms. The number of nitrogens with zero attached hydrogens (tertiary/aromatic N) is 1. The normalized spacial score (nSPS) is 12.2. The average molecular weight is 172 g/mol. The first-order valence-electron chi connectivity index (χ1n) is 4.13. The highest BCUT2D eigenvalue weighted by molar-refractivity contribution is 5.87. The Labute approximate surface area is 72.7 Å². The van der Waals surface area contributed by atoms with E-state index in [1.807, 2.05) is 6.92 Å². The Balaban J connectivity index is 4.10. The highest BCUT2D eigenvalue weighted by Gasteiger charge is 2.17. The maximum absolute atomic E-state index is 11.3. The summed E-state index contributed by atoms with van der Waals surface area (Å²) in [6.07, 6.45) is 1.29. The summed E-state index contributed by atoms with van der Waals surface area (Å²) < 4.78 is 0. The molecule has 0 radical (unpaired) electrons. The van der Waals surface area contributed by atoms with Gasteiger partial charge in [0.25, 0.3) is 0 Å². The molecule has 0 fully saturated rings. The first-order valence-corrected chi connectivity index (χ1v) is 4.13. The van der Waals surface area contributed by atoms with E-state index in [4.69, 9.17) is 5.73 Å². The lowest BCUT2D eigenvalue weighted by Crippen LogP contribution is -2.37. The van der Waals surface area contributed by atoms with Crippen molar-refractivity contribution in [2.24, 2.45) is 11.7 Å². The van der Waals surface area contributed by atoms with Gasteiger partial charge in [-0.1, -0.05) is 13.8 Å². The van der Waals surface area contributed by atoms with Crippen molar-refractivity contribution in [1.82, 2.24) is 4.90 Å². The van der Waals surface area contributed by atoms with Crippen LogP contribution < -0.4 is 5.73 Å². The molecule has 0 bridgehead atoms. The highest BCUT2D eigenvalue weighted by atomic mass is 16.2. The van der Waals surface area contributed by atoms with Crippen LogP contribution in [0.5, 0.6) is 0 Å². The smallest absolute Gasteiger partial charge is 0.231 e. The fourth-order valence-electron chi connectivity index (χ4n) is 0.812. The molecule has 0 saturated heterocycles. The van der Waals surface area contributed by atoms with E-state index in [0.29, 0.717) is 19.5 Å². The summed E-state index contributed by atoms with van der Waals surface area (Å²) in [5.41, 5.74) is 5.23. The number of amides is 2. The van der Waals surface area contributed by atoms with E-state index < -0.39 is 0 Å². The van der Waals surface area contributed by atoms with Gasteiger partial charge in [0.1, 0.15) is 0 Å². The van der Waals surface area contributed by atoms with Crippen molar-refractivity contribution >= 4 is 12.3 Å². The van der Waals surface area contributed by atoms with Crippen molar-refractivity contribution in [2.75, 3.05) is 13.1 Å². The number of carbonyl (C=O) groups excluding carboxylic acids is 2. The molecule has 0 heterocycles. The van der Waals surface area contributed by atoms with Gasteiger partial charge >= 0.3 is 0 Å². The maximum atomic E-state index is 11.3. The SMILES string of the molecule is CCC(C)C(=O)N(C=O)CCN. The Bertz CT molecular complexity index is 159. The number of nitrogens with two attached hydrogens (primary N) is 1. The molecule has 12 heavy (non-hydrogen) atoms. The summed E-state index contributed by atoms with van der Waals surface area (Å²) in [5, 5.41) is 0. The zero-order valence-corrected chi connectivity index (χ0v) is 7.62. The van der Waals surface area contributed by atoms with Crippen LogP contribution >= 0.6 is 0 Å². The van der Waals surface area contributed by atoms with Gasteiger partial charge in [0.05, 0.1) is 0 Å². The minimum atomic E-state index is -0.141. The Morgan fingerprint density at radius 1 is 1.67 bits per heavy atom. The van der Waals surface area contributed by atoms with Crippen molar-refractivity contribution in [3.05, 3.63) is 0 Å². The molecule has 0 aromatic carbocycles. The largest absolute Gasteiger partial charge is 0.329 e. The molecular formula is C8H16N2O2. The van der Waals surface area contributed by atoms with Gasteiger partial charge in [0, 0.05) is 19.0 Å². The molecule has 0 aliphatic rings. The van der Waals surface area contributed by atoms with Gasteiger partial charge < -0.3 is 5.73 Å². The second kappa shape index (κ2) is 5.71. The van der Waals surface area contributed by atoms with Crippen molar-refractivity contribution in [1.29, 1.82) is 0 Å². The number of hydrogen-bond acceptors (Lipinski definition) is 3. The lowest BCUT2D eigenvalue weighted by molar-refractivity contribution is -0.140. The average Bonchev–Trinajstić information content (AvgIpc) is 2.11. The Hall–Kier alpha value is -0.900. The molecule has 0 spiro atoms. The second-order valence-corrected chi connectivity index (χ2v) is 2.74. The Morgan fingerprint density at radius 3 is 2.58 bits per heavy atom. The van der Waals surface area contributed by atoms with Crippen LogP contribution in [0, 0.1) is 5.92 Å². The van der Waals surface area contributed by atoms with Crippen molar-refractivity contribution < 1.29 is 9.59 Å². The van der Waals surface area contributed by atoms with Crippen LogP contribution in [0.25, 0.3) is 0 Å². The molecule has 70 valence electrons. The van der Waals surface area contributed by atoms with Crippen LogP contribution in [0.4, 0.5) is 0 Å². The van der Waals surface area contributed by atoms with E-state index in [1.54, 1.807) is 6.92 Å². The molecule has 2 N–H and O–H groups in total. The lowest BCUT2D eigenvalue weighted by atomic mass is 10.1. The summed E-state index contributed by atoms with van der Waals surface area (Å²) in [4.78, 5) is 22.9. The van der Waals surface area contributed by atoms with E-state index in [2.05, 4.69) is 0 Å². The van der Waals surface area contributed by atoms with E-state index in [9.17, 15) is 9.59 Å². The summed E-state index contributed by atoms with van der Waals surface area (Å²) in [6, 6.07) is 0. The monoisotopic (exact) mass is 172 g/mol. The third-order valence-electron chi connectivity index (χ3n) is 1.81. The van der Waals surface area contributed by atoms with Crippen molar-refractivity contribution in [3.63, 3.8) is 0 Å². The van der Waals surface area contributed by atoms with Crippen LogP contribution in [-0.4, -0.2) is 30.3 Å². The van der Waals surface area contributed by atoms with E-state index in [-0.39, 0.29) is 11.8 Å². The van der Waals surface area contributed by atoms with E-state index >= 15 is 0 Å². The molecule has 0 rings (SSSR count). The molecule has 1 atom stereocenters. The zero-order chi connectivity index (χ0) is 9.56. The number of imide groups is 1. The molecule has 0 aromatic heterocycles. The Kier molecular flexibility index (Phi) is 5.28. The molecule has 0 aliphatic carbocycles. The van der Waals surface area contributed by atoms with Crippen LogP contribution in [0.3, 0.4) is 0 Å². The first-order chi connectivity index (χ1) is 5.67. The minimum absolute atomic E-state index is 0.0956. The van der Waals surface area contributed by atoms with Gasteiger partial charge in [0.15, 0.2) is 0 Å². The molecule has 4 nitrogen and oxygen atoms in total. The number of carbonyl (C=O) groups is 2. The fraction of sp³-hybridized carbons (Fsp3) is 0.750.